The van der Waals surface area contributed by atoms with Crippen LogP contribution >= 0.6 is 11.8 Å². The molecule has 0 spiro atoms. The Bertz CT molecular complexity index is 2140. The minimum Gasteiger partial charge on any atom is -0.497 e. The molecule has 2 aromatic rings. The number of pyridine rings is 1. The normalized spacial score (nSPS) is 27.2. The van der Waals surface area contributed by atoms with Gasteiger partial charge in [-0.25, -0.2) is 18.2 Å². The molecule has 3 aliphatic heterocycles. The Balaban J connectivity index is 0.996. The number of nitrogens with zero attached hydrogens (tertiary/aromatic N) is 2. The van der Waals surface area contributed by atoms with Gasteiger partial charge >= 0.3 is 6.03 Å². The summed E-state index contributed by atoms with van der Waals surface area (Å²) in [5, 5.41) is 15.7. The standard InChI is InChI=1S/C41H54N8O10S2/c1-4-25-18-41(25,39(53)48-61(55,56)29-11-12-29)47-37(52)32-17-28(59-38-30-13-10-27(57-3)16-24(30)14-15-42-38)20-49(32)23-58-21-26(19-43-34(50)5-2)44-35(51)9-7-6-8-33-36-31(22-60-33)45-40(54)46-36/h4-5,10,13-16,25-26,28-29,31-33,36H,1-2,6-9,11-12,17-23H2,3H3,(H,43,50)(H,44,51)(H,47,52)(H,48,53)(H2,45,46,54)/t25-,26+,28-,31-,32+,33-,36-,41-/m1/s1. The van der Waals surface area contributed by atoms with Crippen molar-refractivity contribution < 1.29 is 46.6 Å². The number of sulfonamides is 1. The van der Waals surface area contributed by atoms with Crippen LogP contribution < -0.4 is 40.8 Å². The van der Waals surface area contributed by atoms with Crippen LogP contribution in [0.15, 0.2) is 55.8 Å². The average molecular weight is 883 g/mol. The van der Waals surface area contributed by atoms with Crippen LogP contribution in [0.5, 0.6) is 11.6 Å². The lowest BCUT2D eigenvalue weighted by molar-refractivity contribution is -0.133. The van der Waals surface area contributed by atoms with Crippen LogP contribution in [0.2, 0.25) is 0 Å². The molecule has 5 fully saturated rings. The largest absolute Gasteiger partial charge is 0.497 e. The van der Waals surface area contributed by atoms with Crippen LogP contribution in [0.25, 0.3) is 10.8 Å². The molecule has 1 aromatic carbocycles. The number of carbonyl (C=O) groups is 5. The Morgan fingerprint density at radius 3 is 2.70 bits per heavy atom. The molecule has 3 saturated heterocycles. The minimum absolute atomic E-state index is 0.0232. The summed E-state index contributed by atoms with van der Waals surface area (Å²) < 4.78 is 45.6. The smallest absolute Gasteiger partial charge is 0.315 e. The molecule has 61 heavy (non-hydrogen) atoms. The maximum atomic E-state index is 14.2. The molecule has 2 aliphatic carbocycles. The lowest BCUT2D eigenvalue weighted by atomic mass is 10.0. The van der Waals surface area contributed by atoms with Crippen LogP contribution in [-0.2, 0) is 33.9 Å². The fraction of sp³-hybridized carbons (Fsp3) is 0.561. The predicted octanol–water partition coefficient (Wildman–Crippen LogP) is 1.22. The van der Waals surface area contributed by atoms with Crippen LogP contribution in [0, 0.1) is 5.92 Å². The lowest BCUT2D eigenvalue weighted by Gasteiger charge is -2.27. The second kappa shape index (κ2) is 19.0. The van der Waals surface area contributed by atoms with E-state index >= 15 is 0 Å². The monoisotopic (exact) mass is 882 g/mol. The summed E-state index contributed by atoms with van der Waals surface area (Å²) in [5.74, 6) is -0.537. The number of unbranched alkanes of at least 4 members (excludes halogenated alkanes) is 1. The zero-order valence-corrected chi connectivity index (χ0v) is 35.7. The predicted molar refractivity (Wildman–Crippen MR) is 227 cm³/mol. The molecule has 7 rings (SSSR count). The van der Waals surface area contributed by atoms with Gasteiger partial charge in [0.05, 0.1) is 49.9 Å². The van der Waals surface area contributed by atoms with Gasteiger partial charge in [0, 0.05) is 54.4 Å². The van der Waals surface area contributed by atoms with E-state index in [0.29, 0.717) is 30.9 Å². The number of methoxy groups -OCH3 is 1. The van der Waals surface area contributed by atoms with Gasteiger partial charge in [-0.1, -0.05) is 19.1 Å². The number of benzene rings is 1. The van der Waals surface area contributed by atoms with E-state index in [1.54, 1.807) is 24.3 Å². The van der Waals surface area contributed by atoms with E-state index in [4.69, 9.17) is 14.2 Å². The summed E-state index contributed by atoms with van der Waals surface area (Å²) in [6.45, 7) is 7.46. The molecule has 4 heterocycles. The fourth-order valence-electron chi connectivity index (χ4n) is 8.22. The number of ether oxygens (including phenoxy) is 3. The highest BCUT2D eigenvalue weighted by Crippen LogP contribution is 2.45. The first-order chi connectivity index (χ1) is 29.3. The Morgan fingerprint density at radius 1 is 1.15 bits per heavy atom. The number of hydrogen-bond donors (Lipinski definition) is 6. The van der Waals surface area contributed by atoms with Crippen LogP contribution in [0.3, 0.4) is 0 Å². The van der Waals surface area contributed by atoms with E-state index in [9.17, 15) is 32.4 Å². The Hall–Kier alpha value is -4.92. The third-order valence-electron chi connectivity index (χ3n) is 11.9. The Kier molecular flexibility index (Phi) is 13.7. The van der Waals surface area contributed by atoms with E-state index in [1.807, 2.05) is 30.0 Å². The first-order valence-electron chi connectivity index (χ1n) is 20.6. The highest BCUT2D eigenvalue weighted by atomic mass is 32.2. The van der Waals surface area contributed by atoms with Crippen molar-refractivity contribution in [3.8, 4) is 11.6 Å². The first-order valence-corrected chi connectivity index (χ1v) is 23.2. The molecule has 6 amide bonds. The number of likely N-dealkylation sites (tertiary alicyclic amines) is 1. The molecular formula is C41H54N8O10S2. The molecule has 18 nitrogen and oxygen atoms in total. The molecule has 6 N–H and O–H groups in total. The van der Waals surface area contributed by atoms with E-state index < -0.39 is 62.6 Å². The van der Waals surface area contributed by atoms with E-state index in [2.05, 4.69) is 49.4 Å². The van der Waals surface area contributed by atoms with Gasteiger partial charge in [0.15, 0.2) is 0 Å². The molecule has 330 valence electrons. The number of rotatable bonds is 22. The second-order valence-electron chi connectivity index (χ2n) is 16.2. The number of fused-ring (bicyclic) bond motifs is 2. The van der Waals surface area contributed by atoms with E-state index in [1.165, 1.54) is 6.08 Å². The number of nitrogens with one attached hydrogen (secondary N) is 6. The molecule has 8 atom stereocenters. The Labute approximate surface area is 359 Å². The summed E-state index contributed by atoms with van der Waals surface area (Å²) in [6, 6.07) is 5.94. The van der Waals surface area contributed by atoms with Crippen LogP contribution in [0.4, 0.5) is 4.79 Å². The van der Waals surface area contributed by atoms with Gasteiger partial charge in [-0.05, 0) is 67.8 Å². The average Bonchev–Trinajstić information content (AvgIpc) is 4.11. The number of hydrogen-bond acceptors (Lipinski definition) is 13. The minimum atomic E-state index is -3.88. The van der Waals surface area contributed by atoms with E-state index in [-0.39, 0.29) is 75.0 Å². The van der Waals surface area contributed by atoms with Gasteiger partial charge in [-0.3, -0.25) is 28.8 Å². The zero-order valence-electron chi connectivity index (χ0n) is 34.1. The quantitative estimate of drug-likeness (QED) is 0.0423. The van der Waals surface area contributed by atoms with Gasteiger partial charge in [-0.2, -0.15) is 11.8 Å². The third-order valence-corrected chi connectivity index (χ3v) is 15.2. The molecule has 0 radical (unpaired) electrons. The maximum Gasteiger partial charge on any atom is 0.315 e. The van der Waals surface area contributed by atoms with Crippen molar-refractivity contribution in [1.82, 2.24) is 41.2 Å². The van der Waals surface area contributed by atoms with E-state index in [0.717, 1.165) is 35.4 Å². The van der Waals surface area contributed by atoms with Crippen molar-refractivity contribution in [2.75, 3.05) is 39.3 Å². The number of urea groups is 1. The van der Waals surface area contributed by atoms with Gasteiger partial charge < -0.3 is 40.8 Å². The van der Waals surface area contributed by atoms with Gasteiger partial charge in [0.2, 0.25) is 33.6 Å². The topological polar surface area (TPSA) is 235 Å². The summed E-state index contributed by atoms with van der Waals surface area (Å²) in [7, 11) is -2.30. The van der Waals surface area contributed by atoms with Crippen molar-refractivity contribution in [2.45, 2.75) is 97.7 Å². The second-order valence-corrected chi connectivity index (χ2v) is 19.5. The van der Waals surface area contributed by atoms with Crippen molar-refractivity contribution in [1.29, 1.82) is 0 Å². The number of thioether (sulfide) groups is 1. The number of carbonyl (C=O) groups excluding carboxylic acids is 5. The molecule has 0 bridgehead atoms. The van der Waals surface area contributed by atoms with Crippen molar-refractivity contribution in [3.63, 3.8) is 0 Å². The van der Waals surface area contributed by atoms with Crippen LogP contribution in [-0.4, -0.2) is 134 Å². The first kappa shape index (κ1) is 44.1. The molecule has 5 aliphatic rings. The molecule has 20 heteroatoms. The van der Waals surface area contributed by atoms with Crippen molar-refractivity contribution in [3.05, 3.63) is 55.8 Å². The fourth-order valence-corrected chi connectivity index (χ4v) is 11.1. The van der Waals surface area contributed by atoms with Crippen molar-refractivity contribution >= 4 is 62.2 Å². The summed E-state index contributed by atoms with van der Waals surface area (Å²) >= 11 is 1.82. The highest BCUT2D eigenvalue weighted by Gasteiger charge is 2.61. The molecule has 0 unspecified atom stereocenters. The molecular weight excluding hydrogens is 829 g/mol. The zero-order chi connectivity index (χ0) is 43.3. The van der Waals surface area contributed by atoms with Gasteiger partial charge in [0.1, 0.15) is 17.4 Å². The van der Waals surface area contributed by atoms with Gasteiger partial charge in [0.25, 0.3) is 5.91 Å². The maximum absolute atomic E-state index is 14.2. The van der Waals surface area contributed by atoms with Crippen LogP contribution in [0.1, 0.15) is 51.4 Å². The summed E-state index contributed by atoms with van der Waals surface area (Å²) in [6.07, 6.45) is 7.60. The number of aromatic nitrogens is 1. The third kappa shape index (κ3) is 10.6. The highest BCUT2D eigenvalue weighted by molar-refractivity contribution is 8.00. The number of amides is 6. The molecule has 2 saturated carbocycles. The summed E-state index contributed by atoms with van der Waals surface area (Å²) in [4.78, 5) is 70.9. The molecule has 1 aromatic heterocycles. The lowest BCUT2D eigenvalue weighted by Crippen LogP contribution is -2.56. The van der Waals surface area contributed by atoms with Gasteiger partial charge in [-0.15, -0.1) is 6.58 Å². The SMILES string of the molecule is C=CC(=O)NC[C@@H](COCN1C[C@H](Oc2nccc3cc(OC)ccc23)C[C@H]1C(=O)N[C@]1(C(=O)NS(=O)(=O)C2CC2)C[C@H]1C=C)NC(=O)CCCC[C@H]1SC[C@H]2NC(=O)N[C@H]21. The Morgan fingerprint density at radius 2 is 1.97 bits per heavy atom. The van der Waals surface area contributed by atoms with Crippen molar-refractivity contribution in [2.24, 2.45) is 5.92 Å². The summed E-state index contributed by atoms with van der Waals surface area (Å²) in [5.41, 5.74) is -1.48.